The molecule has 0 aliphatic rings. The number of rotatable bonds is 4. The minimum Gasteiger partial charge on any atom is -0.266 e. The predicted molar refractivity (Wildman–Crippen MR) is 46.6 cm³/mol. The Bertz CT molecular complexity index is 274. The van der Waals surface area contributed by atoms with Gasteiger partial charge in [-0.05, 0) is 6.72 Å². The van der Waals surface area contributed by atoms with Gasteiger partial charge in [0.05, 0.1) is 30.7 Å². The molecule has 0 aliphatic carbocycles. The summed E-state index contributed by atoms with van der Waals surface area (Å²) < 4.78 is 0. The van der Waals surface area contributed by atoms with Crippen LogP contribution in [0.2, 0.25) is 0 Å². The molecular formula is C8H8N4. The fourth-order valence-electron chi connectivity index (χ4n) is 0.456. The molecule has 0 radical (unpaired) electrons. The molecule has 0 bridgehead atoms. The number of hydrogen-bond donors (Lipinski definition) is 0. The molecule has 0 aliphatic heterocycles. The Morgan fingerprint density at radius 1 is 1.42 bits per heavy atom. The summed E-state index contributed by atoms with van der Waals surface area (Å²) in [4.78, 5) is 7.32. The highest BCUT2D eigenvalue weighted by Gasteiger charge is 1.87. The van der Waals surface area contributed by atoms with Gasteiger partial charge < -0.3 is 0 Å². The molecule has 0 aromatic carbocycles. The second-order valence-electron chi connectivity index (χ2n) is 1.81. The van der Waals surface area contributed by atoms with E-state index < -0.39 is 0 Å². The molecule has 4 heteroatoms. The average Bonchev–Trinajstić information content (AvgIpc) is 2.10. The molecule has 12 heavy (non-hydrogen) atoms. The van der Waals surface area contributed by atoms with Crippen molar-refractivity contribution in [2.45, 2.75) is 12.8 Å². The number of aliphatic imine (C=N–C) groups is 2. The van der Waals surface area contributed by atoms with Gasteiger partial charge in [0.1, 0.15) is 0 Å². The zero-order valence-electron chi connectivity index (χ0n) is 6.56. The van der Waals surface area contributed by atoms with E-state index in [-0.39, 0.29) is 12.8 Å². The lowest BCUT2D eigenvalue weighted by Gasteiger charge is -1.87. The molecule has 0 spiro atoms. The van der Waals surface area contributed by atoms with Crippen LogP contribution in [0.4, 0.5) is 0 Å². The van der Waals surface area contributed by atoms with Crippen LogP contribution < -0.4 is 0 Å². The predicted octanol–water partition coefficient (Wildman–Crippen LogP) is 1.43. The van der Waals surface area contributed by atoms with Crippen LogP contribution in [0.15, 0.2) is 21.9 Å². The fourth-order valence-corrected chi connectivity index (χ4v) is 0.456. The van der Waals surface area contributed by atoms with Crippen molar-refractivity contribution < 1.29 is 0 Å². The van der Waals surface area contributed by atoms with Crippen LogP contribution in [-0.2, 0) is 0 Å². The second-order valence-corrected chi connectivity index (χ2v) is 1.81. The first-order valence-electron chi connectivity index (χ1n) is 3.26. The van der Waals surface area contributed by atoms with E-state index in [1.807, 2.05) is 12.1 Å². The largest absolute Gasteiger partial charge is 0.266 e. The Hall–Kier alpha value is -1.94. The molecule has 0 saturated carbocycles. The summed E-state index contributed by atoms with van der Waals surface area (Å²) in [6.07, 6.45) is 3.32. The van der Waals surface area contributed by atoms with Gasteiger partial charge in [0.15, 0.2) is 0 Å². The van der Waals surface area contributed by atoms with E-state index in [0.717, 1.165) is 0 Å². The lowest BCUT2D eigenvalue weighted by atomic mass is 10.4. The highest BCUT2D eigenvalue weighted by Crippen LogP contribution is 1.99. The zero-order valence-corrected chi connectivity index (χ0v) is 6.56. The van der Waals surface area contributed by atoms with Crippen LogP contribution in [0.5, 0.6) is 0 Å². The first-order chi connectivity index (χ1) is 5.85. The van der Waals surface area contributed by atoms with Gasteiger partial charge in [0, 0.05) is 12.4 Å². The first-order valence-corrected chi connectivity index (χ1v) is 3.26. The van der Waals surface area contributed by atoms with E-state index in [2.05, 4.69) is 16.7 Å². The van der Waals surface area contributed by atoms with E-state index in [1.165, 1.54) is 12.4 Å². The molecule has 60 valence electrons. The summed E-state index contributed by atoms with van der Waals surface area (Å²) in [7, 11) is 0. The van der Waals surface area contributed by atoms with Crippen LogP contribution in [-0.4, -0.2) is 12.9 Å². The third-order valence-corrected chi connectivity index (χ3v) is 0.975. The van der Waals surface area contributed by atoms with E-state index in [0.29, 0.717) is 5.70 Å². The smallest absolute Gasteiger partial charge is 0.0790 e. The lowest BCUT2D eigenvalue weighted by Crippen LogP contribution is -1.75. The highest BCUT2D eigenvalue weighted by atomic mass is 14.8. The van der Waals surface area contributed by atoms with Crippen LogP contribution in [0.3, 0.4) is 0 Å². The van der Waals surface area contributed by atoms with Crippen LogP contribution >= 0.6 is 0 Å². The summed E-state index contributed by atoms with van der Waals surface area (Å²) in [5.41, 5.74) is 0.506. The van der Waals surface area contributed by atoms with E-state index in [1.54, 1.807) is 0 Å². The molecule has 0 N–H and O–H groups in total. The topological polar surface area (TPSA) is 72.3 Å². The van der Waals surface area contributed by atoms with Gasteiger partial charge in [-0.25, -0.2) is 0 Å². The van der Waals surface area contributed by atoms with Crippen molar-refractivity contribution in [3.8, 4) is 12.1 Å². The zero-order chi connectivity index (χ0) is 9.23. The summed E-state index contributed by atoms with van der Waals surface area (Å²) in [6, 6.07) is 3.82. The van der Waals surface area contributed by atoms with Crippen LogP contribution in [0.1, 0.15) is 12.8 Å². The van der Waals surface area contributed by atoms with Gasteiger partial charge >= 0.3 is 0 Å². The van der Waals surface area contributed by atoms with Crippen LogP contribution in [0.25, 0.3) is 0 Å². The van der Waals surface area contributed by atoms with Crippen molar-refractivity contribution in [3.63, 3.8) is 0 Å². The van der Waals surface area contributed by atoms with Crippen LogP contribution in [0, 0.1) is 22.7 Å². The Balaban J connectivity index is 4.05. The monoisotopic (exact) mass is 160 g/mol. The standard InChI is InChI=1S/C8H8N4/c1-11-8(3-5-10)7-12-6-2-4-9/h6-7H,1-3H2/b8-7-,12-6-. The Labute approximate surface area is 71.2 Å². The minimum absolute atomic E-state index is 0.188. The lowest BCUT2D eigenvalue weighted by molar-refractivity contribution is 1.16. The molecule has 0 heterocycles. The Morgan fingerprint density at radius 2 is 2.17 bits per heavy atom. The van der Waals surface area contributed by atoms with Crippen molar-refractivity contribution in [2.24, 2.45) is 9.98 Å². The third-order valence-electron chi connectivity index (χ3n) is 0.975. The molecular weight excluding hydrogens is 152 g/mol. The fraction of sp³-hybridized carbons (Fsp3) is 0.250. The first kappa shape index (κ1) is 10.1. The summed E-state index contributed by atoms with van der Waals surface area (Å²) in [5.74, 6) is 0. The maximum absolute atomic E-state index is 8.29. The Morgan fingerprint density at radius 3 is 2.67 bits per heavy atom. The molecule has 0 saturated heterocycles. The minimum atomic E-state index is 0.188. The molecule has 0 fully saturated rings. The van der Waals surface area contributed by atoms with Gasteiger partial charge in [-0.3, -0.25) is 9.98 Å². The van der Waals surface area contributed by atoms with E-state index >= 15 is 0 Å². The van der Waals surface area contributed by atoms with E-state index in [4.69, 9.17) is 10.5 Å². The molecule has 0 unspecified atom stereocenters. The molecule has 0 atom stereocenters. The molecule has 0 aromatic heterocycles. The van der Waals surface area contributed by atoms with Crippen molar-refractivity contribution in [1.82, 2.24) is 0 Å². The maximum atomic E-state index is 8.29. The van der Waals surface area contributed by atoms with Gasteiger partial charge in [0.25, 0.3) is 0 Å². The van der Waals surface area contributed by atoms with Crippen molar-refractivity contribution in [3.05, 3.63) is 11.9 Å². The number of hydrogen-bond acceptors (Lipinski definition) is 4. The van der Waals surface area contributed by atoms with Gasteiger partial charge in [-0.15, -0.1) is 0 Å². The van der Waals surface area contributed by atoms with Crippen molar-refractivity contribution >= 4 is 12.9 Å². The quantitative estimate of drug-likeness (QED) is 0.583. The SMILES string of the molecule is C=N/C(=C\N=C/CC#N)CC#N. The molecule has 0 amide bonds. The summed E-state index contributed by atoms with van der Waals surface area (Å²) in [5, 5.41) is 16.4. The number of nitriles is 2. The number of nitrogens with zero attached hydrogens (tertiary/aromatic N) is 4. The van der Waals surface area contributed by atoms with Crippen molar-refractivity contribution in [2.75, 3.05) is 0 Å². The molecule has 4 nitrogen and oxygen atoms in total. The summed E-state index contributed by atoms with van der Waals surface area (Å²) in [6.45, 7) is 3.27. The Kier molecular flexibility index (Phi) is 6.01. The normalized spacial score (nSPS) is 10.7. The van der Waals surface area contributed by atoms with Crippen molar-refractivity contribution in [1.29, 1.82) is 10.5 Å². The average molecular weight is 160 g/mol. The third kappa shape index (κ3) is 4.89. The summed E-state index contributed by atoms with van der Waals surface area (Å²) >= 11 is 0. The van der Waals surface area contributed by atoms with Gasteiger partial charge in [-0.2, -0.15) is 10.5 Å². The van der Waals surface area contributed by atoms with Gasteiger partial charge in [0.2, 0.25) is 0 Å². The number of allylic oxidation sites excluding steroid dienone is 1. The molecule has 0 aromatic rings. The maximum Gasteiger partial charge on any atom is 0.0790 e. The second kappa shape index (κ2) is 7.17. The molecule has 0 rings (SSSR count). The van der Waals surface area contributed by atoms with Gasteiger partial charge in [-0.1, -0.05) is 0 Å². The highest BCUT2D eigenvalue weighted by molar-refractivity contribution is 5.60. The van der Waals surface area contributed by atoms with E-state index in [9.17, 15) is 0 Å².